The highest BCUT2D eigenvalue weighted by molar-refractivity contribution is 5.71. The molecule has 0 aliphatic heterocycles. The molecule has 0 bridgehead atoms. The summed E-state index contributed by atoms with van der Waals surface area (Å²) in [4.78, 5) is 10.9. The van der Waals surface area contributed by atoms with Crippen molar-refractivity contribution in [1.29, 1.82) is 0 Å². The van der Waals surface area contributed by atoms with Crippen LogP contribution in [0.25, 0.3) is 0 Å². The van der Waals surface area contributed by atoms with Crippen LogP contribution in [0.5, 0.6) is 5.75 Å². The quantitative estimate of drug-likeness (QED) is 0.652. The summed E-state index contributed by atoms with van der Waals surface area (Å²) in [5.74, 6) is -0.887. The maximum atomic E-state index is 11.7. The summed E-state index contributed by atoms with van der Waals surface area (Å²) in [7, 11) is 0. The summed E-state index contributed by atoms with van der Waals surface area (Å²) in [5.41, 5.74) is 5.78. The second kappa shape index (κ2) is 5.42. The number of halogens is 3. The van der Waals surface area contributed by atoms with Gasteiger partial charge in [-0.3, -0.25) is 0 Å². The SMILES string of the molecule is Nc1ccccc1OCC(=O)OCC(F)(F)F. The Hall–Kier alpha value is -1.92. The van der Waals surface area contributed by atoms with Crippen LogP contribution in [-0.4, -0.2) is 25.4 Å². The molecule has 0 amide bonds. The molecule has 1 rings (SSSR count). The number of alkyl halides is 3. The number of carbonyl (C=O) groups is 1. The molecule has 0 aliphatic carbocycles. The fraction of sp³-hybridized carbons (Fsp3) is 0.300. The Kier molecular flexibility index (Phi) is 4.19. The molecule has 0 aliphatic rings. The average Bonchev–Trinajstić information content (AvgIpc) is 2.24. The number of hydrogen-bond donors (Lipinski definition) is 1. The van der Waals surface area contributed by atoms with Crippen molar-refractivity contribution in [2.45, 2.75) is 6.18 Å². The van der Waals surface area contributed by atoms with Crippen LogP contribution >= 0.6 is 0 Å². The van der Waals surface area contributed by atoms with Crippen molar-refractivity contribution in [3.8, 4) is 5.75 Å². The lowest BCUT2D eigenvalue weighted by Crippen LogP contribution is -2.23. The summed E-state index contributed by atoms with van der Waals surface area (Å²) in [5, 5.41) is 0. The largest absolute Gasteiger partial charge is 0.480 e. The third-order valence-corrected chi connectivity index (χ3v) is 1.66. The van der Waals surface area contributed by atoms with E-state index >= 15 is 0 Å². The summed E-state index contributed by atoms with van der Waals surface area (Å²) >= 11 is 0. The highest BCUT2D eigenvalue weighted by atomic mass is 19.4. The molecular weight excluding hydrogens is 239 g/mol. The molecule has 7 heteroatoms. The van der Waals surface area contributed by atoms with E-state index in [1.807, 2.05) is 0 Å². The van der Waals surface area contributed by atoms with Gasteiger partial charge in [-0.2, -0.15) is 13.2 Å². The molecule has 2 N–H and O–H groups in total. The predicted molar refractivity (Wildman–Crippen MR) is 53.4 cm³/mol. The number of para-hydroxylation sites is 2. The number of hydrogen-bond acceptors (Lipinski definition) is 4. The van der Waals surface area contributed by atoms with Gasteiger partial charge in [0.2, 0.25) is 0 Å². The monoisotopic (exact) mass is 249 g/mol. The third-order valence-electron chi connectivity index (χ3n) is 1.66. The van der Waals surface area contributed by atoms with Crippen molar-refractivity contribution in [3.05, 3.63) is 24.3 Å². The Morgan fingerprint density at radius 1 is 1.29 bits per heavy atom. The van der Waals surface area contributed by atoms with Crippen molar-refractivity contribution in [3.63, 3.8) is 0 Å². The molecule has 4 nitrogen and oxygen atoms in total. The van der Waals surface area contributed by atoms with Gasteiger partial charge >= 0.3 is 12.1 Å². The number of anilines is 1. The van der Waals surface area contributed by atoms with Gasteiger partial charge in [0.1, 0.15) is 5.75 Å². The molecule has 1 aromatic carbocycles. The zero-order valence-corrected chi connectivity index (χ0v) is 8.66. The van der Waals surface area contributed by atoms with Gasteiger partial charge in [0.25, 0.3) is 0 Å². The fourth-order valence-corrected chi connectivity index (χ4v) is 0.953. The molecule has 94 valence electrons. The van der Waals surface area contributed by atoms with E-state index in [1.54, 1.807) is 12.1 Å². The molecule has 0 fully saturated rings. The van der Waals surface area contributed by atoms with Crippen LogP contribution in [0.1, 0.15) is 0 Å². The molecule has 0 saturated heterocycles. The molecule has 0 atom stereocenters. The average molecular weight is 249 g/mol. The number of esters is 1. The van der Waals surface area contributed by atoms with Crippen molar-refractivity contribution in [2.75, 3.05) is 18.9 Å². The maximum absolute atomic E-state index is 11.7. The van der Waals surface area contributed by atoms with Crippen molar-refractivity contribution in [2.24, 2.45) is 0 Å². The summed E-state index contributed by atoms with van der Waals surface area (Å²) < 4.78 is 44.0. The number of ether oxygens (including phenoxy) is 2. The number of rotatable bonds is 4. The van der Waals surface area contributed by atoms with Crippen LogP contribution in [0.15, 0.2) is 24.3 Å². The molecule has 17 heavy (non-hydrogen) atoms. The van der Waals surface area contributed by atoms with Gasteiger partial charge in [0, 0.05) is 0 Å². The molecule has 0 heterocycles. The Balaban J connectivity index is 2.36. The number of nitrogens with two attached hydrogens (primary N) is 1. The first-order valence-corrected chi connectivity index (χ1v) is 4.58. The Bertz CT molecular complexity index is 393. The van der Waals surface area contributed by atoms with Gasteiger partial charge in [-0.1, -0.05) is 12.1 Å². The zero-order valence-electron chi connectivity index (χ0n) is 8.66. The fourth-order valence-electron chi connectivity index (χ4n) is 0.953. The van der Waals surface area contributed by atoms with Gasteiger partial charge in [-0.05, 0) is 12.1 Å². The first-order chi connectivity index (χ1) is 7.88. The third kappa shape index (κ3) is 5.10. The predicted octanol–water partition coefficient (Wildman–Crippen LogP) is 1.75. The lowest BCUT2D eigenvalue weighted by atomic mass is 10.3. The van der Waals surface area contributed by atoms with Crippen molar-refractivity contribution in [1.82, 2.24) is 0 Å². The van der Waals surface area contributed by atoms with E-state index in [9.17, 15) is 18.0 Å². The topological polar surface area (TPSA) is 61.5 Å². The second-order valence-electron chi connectivity index (χ2n) is 3.10. The molecule has 0 spiro atoms. The Morgan fingerprint density at radius 2 is 1.94 bits per heavy atom. The standard InChI is InChI=1S/C10H10F3NO3/c11-10(12,13)6-17-9(15)5-16-8-4-2-1-3-7(8)14/h1-4H,5-6,14H2. The van der Waals surface area contributed by atoms with Crippen LogP contribution in [-0.2, 0) is 9.53 Å². The molecular formula is C10H10F3NO3. The van der Waals surface area contributed by atoms with E-state index in [1.165, 1.54) is 12.1 Å². The van der Waals surface area contributed by atoms with Gasteiger partial charge in [0.05, 0.1) is 5.69 Å². The number of benzene rings is 1. The van der Waals surface area contributed by atoms with Gasteiger partial charge in [0.15, 0.2) is 13.2 Å². The summed E-state index contributed by atoms with van der Waals surface area (Å²) in [6, 6.07) is 6.31. The molecule has 0 aromatic heterocycles. The van der Waals surface area contributed by atoms with Gasteiger partial charge in [-0.25, -0.2) is 4.79 Å². The molecule has 0 radical (unpaired) electrons. The summed E-state index contributed by atoms with van der Waals surface area (Å²) in [6.07, 6.45) is -4.54. The normalized spacial score (nSPS) is 11.0. The van der Waals surface area contributed by atoms with Crippen LogP contribution in [0, 0.1) is 0 Å². The van der Waals surface area contributed by atoms with Crippen LogP contribution < -0.4 is 10.5 Å². The summed E-state index contributed by atoms with van der Waals surface area (Å²) in [6.45, 7) is -2.25. The van der Waals surface area contributed by atoms with E-state index in [0.29, 0.717) is 0 Å². The minimum Gasteiger partial charge on any atom is -0.480 e. The Labute approximate surface area is 95.1 Å². The lowest BCUT2D eigenvalue weighted by molar-refractivity contribution is -0.187. The van der Waals surface area contributed by atoms with E-state index in [-0.39, 0.29) is 11.4 Å². The molecule has 0 saturated carbocycles. The first-order valence-electron chi connectivity index (χ1n) is 4.58. The number of carbonyl (C=O) groups excluding carboxylic acids is 1. The van der Waals surface area contributed by atoms with Gasteiger partial charge in [-0.15, -0.1) is 0 Å². The highest BCUT2D eigenvalue weighted by Gasteiger charge is 2.29. The number of nitrogen functional groups attached to an aromatic ring is 1. The molecule has 1 aromatic rings. The molecule has 0 unspecified atom stereocenters. The maximum Gasteiger partial charge on any atom is 0.422 e. The lowest BCUT2D eigenvalue weighted by Gasteiger charge is -2.09. The van der Waals surface area contributed by atoms with Crippen molar-refractivity contribution < 1.29 is 27.4 Å². The smallest absolute Gasteiger partial charge is 0.422 e. The van der Waals surface area contributed by atoms with Crippen molar-refractivity contribution >= 4 is 11.7 Å². The van der Waals surface area contributed by atoms with E-state index < -0.39 is 25.4 Å². The minimum atomic E-state index is -4.54. The second-order valence-corrected chi connectivity index (χ2v) is 3.10. The zero-order chi connectivity index (χ0) is 12.9. The minimum absolute atomic E-state index is 0.219. The highest BCUT2D eigenvalue weighted by Crippen LogP contribution is 2.19. The van der Waals surface area contributed by atoms with Crippen LogP contribution in [0.4, 0.5) is 18.9 Å². The van der Waals surface area contributed by atoms with E-state index in [2.05, 4.69) is 4.74 Å². The first kappa shape index (κ1) is 13.1. The van der Waals surface area contributed by atoms with E-state index in [0.717, 1.165) is 0 Å². The van der Waals surface area contributed by atoms with Gasteiger partial charge < -0.3 is 15.2 Å². The Morgan fingerprint density at radius 3 is 2.53 bits per heavy atom. The van der Waals surface area contributed by atoms with Crippen LogP contribution in [0.2, 0.25) is 0 Å². The van der Waals surface area contributed by atoms with Crippen LogP contribution in [0.3, 0.4) is 0 Å². The van der Waals surface area contributed by atoms with E-state index in [4.69, 9.17) is 10.5 Å².